The van der Waals surface area contributed by atoms with E-state index in [4.69, 9.17) is 9.47 Å². The summed E-state index contributed by atoms with van der Waals surface area (Å²) in [6.07, 6.45) is 1.70. The van der Waals surface area contributed by atoms with Crippen molar-refractivity contribution >= 4 is 44.6 Å². The molecule has 3 rings (SSSR count). The number of carbonyl (C=O) groups is 1. The fourth-order valence-corrected chi connectivity index (χ4v) is 3.27. The largest absolute Gasteiger partial charge is 0.493 e. The van der Waals surface area contributed by atoms with E-state index in [1.54, 1.807) is 18.2 Å². The third-order valence-electron chi connectivity index (χ3n) is 4.63. The third-order valence-corrected chi connectivity index (χ3v) is 5.32. The number of nitrogens with one attached hydrogen (secondary N) is 1. The number of ether oxygens (including phenoxy) is 3. The number of aromatic nitrogens is 2. The summed E-state index contributed by atoms with van der Waals surface area (Å²) in [6, 6.07) is 9.59. The van der Waals surface area contributed by atoms with Crippen molar-refractivity contribution < 1.29 is 19.0 Å². The van der Waals surface area contributed by atoms with E-state index in [2.05, 4.69) is 36.7 Å². The Balaban J connectivity index is 1.99. The van der Waals surface area contributed by atoms with Gasteiger partial charge in [-0.25, -0.2) is 9.78 Å². The van der Waals surface area contributed by atoms with E-state index in [1.807, 2.05) is 26.0 Å². The van der Waals surface area contributed by atoms with Crippen LogP contribution >= 0.6 is 15.9 Å². The second kappa shape index (κ2) is 9.01. The summed E-state index contributed by atoms with van der Waals surface area (Å²) in [6.45, 7) is 3.82. The minimum absolute atomic E-state index is 0.240. The fourth-order valence-electron chi connectivity index (χ4n) is 2.84. The van der Waals surface area contributed by atoms with Crippen LogP contribution < -0.4 is 9.47 Å². The fraction of sp³-hybridized carbons (Fsp3) is 0.227. The molecule has 0 fully saturated rings. The number of methoxy groups -OCH3 is 2. The number of aromatic amines is 1. The van der Waals surface area contributed by atoms with Crippen molar-refractivity contribution in [1.82, 2.24) is 9.97 Å². The smallest absolute Gasteiger partial charge is 0.343 e. The molecule has 7 nitrogen and oxygen atoms in total. The zero-order valence-corrected chi connectivity index (χ0v) is 18.6. The van der Waals surface area contributed by atoms with Crippen LogP contribution in [-0.2, 0) is 9.53 Å². The highest BCUT2D eigenvalue weighted by atomic mass is 79.9. The van der Waals surface area contributed by atoms with E-state index >= 15 is 0 Å². The first kappa shape index (κ1) is 21.4. The van der Waals surface area contributed by atoms with Gasteiger partial charge in [-0.2, -0.15) is 5.26 Å². The molecule has 0 unspecified atom stereocenters. The topological polar surface area (TPSA) is 97.2 Å². The standard InChI is InChI=1S/C22H20BrN3O4/c1-12-5-17-18(6-13(12)2)26-22(25-17)15(10-24)7-14-8-19(28-3)20(9-16(14)23)30-11-21(27)29-4/h5-9H,11H2,1-4H3,(H,25,26)/b15-7+. The Hall–Kier alpha value is -3.31. The van der Waals surface area contributed by atoms with E-state index in [0.717, 1.165) is 22.2 Å². The lowest BCUT2D eigenvalue weighted by atomic mass is 10.1. The van der Waals surface area contributed by atoms with E-state index < -0.39 is 5.97 Å². The second-order valence-electron chi connectivity index (χ2n) is 6.60. The molecule has 0 saturated heterocycles. The zero-order chi connectivity index (χ0) is 21.8. The highest BCUT2D eigenvalue weighted by molar-refractivity contribution is 9.10. The summed E-state index contributed by atoms with van der Waals surface area (Å²) >= 11 is 3.48. The van der Waals surface area contributed by atoms with Gasteiger partial charge >= 0.3 is 5.97 Å². The number of nitriles is 1. The number of H-pyrrole nitrogens is 1. The first-order valence-corrected chi connectivity index (χ1v) is 9.81. The molecule has 1 heterocycles. The molecule has 0 aliphatic rings. The molecule has 3 aromatic rings. The molecule has 0 spiro atoms. The summed E-state index contributed by atoms with van der Waals surface area (Å²) < 4.78 is 16.1. The van der Waals surface area contributed by atoms with Gasteiger partial charge in [0.1, 0.15) is 11.9 Å². The molecule has 154 valence electrons. The number of esters is 1. The van der Waals surface area contributed by atoms with Gasteiger partial charge in [0, 0.05) is 4.47 Å². The van der Waals surface area contributed by atoms with Crippen molar-refractivity contribution in [2.45, 2.75) is 13.8 Å². The van der Waals surface area contributed by atoms with E-state index in [9.17, 15) is 10.1 Å². The number of hydrogen-bond acceptors (Lipinski definition) is 6. The SMILES string of the molecule is COC(=O)COc1cc(Br)c(/C=C(\C#N)c2nc3cc(C)c(C)cc3[nH]2)cc1OC. The number of benzene rings is 2. The molecule has 30 heavy (non-hydrogen) atoms. The van der Waals surface area contributed by atoms with Crippen LogP contribution in [0, 0.1) is 25.2 Å². The maximum atomic E-state index is 11.3. The highest BCUT2D eigenvalue weighted by Gasteiger charge is 2.14. The number of allylic oxidation sites excluding steroid dienone is 1. The van der Waals surface area contributed by atoms with Gasteiger partial charge in [-0.3, -0.25) is 0 Å². The quantitative estimate of drug-likeness (QED) is 0.419. The van der Waals surface area contributed by atoms with E-state index in [-0.39, 0.29) is 6.61 Å². The zero-order valence-electron chi connectivity index (χ0n) is 17.0. The first-order valence-electron chi connectivity index (χ1n) is 9.02. The summed E-state index contributed by atoms with van der Waals surface area (Å²) in [7, 11) is 2.79. The molecule has 0 saturated carbocycles. The Morgan fingerprint density at radius 3 is 2.60 bits per heavy atom. The van der Waals surface area contributed by atoms with Crippen LogP contribution in [0.4, 0.5) is 0 Å². The number of hydrogen-bond donors (Lipinski definition) is 1. The monoisotopic (exact) mass is 469 g/mol. The Morgan fingerprint density at radius 1 is 1.20 bits per heavy atom. The Morgan fingerprint density at radius 2 is 1.93 bits per heavy atom. The van der Waals surface area contributed by atoms with Gasteiger partial charge in [0.05, 0.1) is 30.8 Å². The van der Waals surface area contributed by atoms with Crippen LogP contribution in [0.2, 0.25) is 0 Å². The van der Waals surface area contributed by atoms with Crippen LogP contribution in [0.3, 0.4) is 0 Å². The van der Waals surface area contributed by atoms with Crippen LogP contribution in [0.1, 0.15) is 22.5 Å². The Kier molecular flexibility index (Phi) is 6.43. The van der Waals surface area contributed by atoms with Crippen molar-refractivity contribution in [2.75, 3.05) is 20.8 Å². The van der Waals surface area contributed by atoms with Crippen LogP contribution in [0.25, 0.3) is 22.7 Å². The number of fused-ring (bicyclic) bond motifs is 1. The Labute approximate surface area is 182 Å². The average molecular weight is 470 g/mol. The maximum Gasteiger partial charge on any atom is 0.343 e. The van der Waals surface area contributed by atoms with Gasteiger partial charge in [-0.05, 0) is 60.9 Å². The molecular formula is C22H20BrN3O4. The van der Waals surface area contributed by atoms with Crippen LogP contribution in [0.15, 0.2) is 28.7 Å². The molecule has 0 aliphatic heterocycles. The average Bonchev–Trinajstić information content (AvgIpc) is 3.13. The van der Waals surface area contributed by atoms with E-state index in [1.165, 1.54) is 14.2 Å². The van der Waals surface area contributed by atoms with Crippen LogP contribution in [-0.4, -0.2) is 36.8 Å². The number of imidazole rings is 1. The summed E-state index contributed by atoms with van der Waals surface area (Å²) in [5.41, 5.74) is 5.03. The molecule has 2 aromatic carbocycles. The molecule has 0 atom stereocenters. The second-order valence-corrected chi connectivity index (χ2v) is 7.45. The molecule has 1 N–H and O–H groups in total. The van der Waals surface area contributed by atoms with Gasteiger partial charge in [0.15, 0.2) is 18.1 Å². The maximum absolute atomic E-state index is 11.3. The van der Waals surface area contributed by atoms with Crippen molar-refractivity contribution in [3.63, 3.8) is 0 Å². The first-order chi connectivity index (χ1) is 14.4. The molecule has 0 aliphatic carbocycles. The lowest BCUT2D eigenvalue weighted by Crippen LogP contribution is -2.13. The third kappa shape index (κ3) is 4.47. The number of halogens is 1. The number of carbonyl (C=O) groups excluding carboxylic acids is 1. The highest BCUT2D eigenvalue weighted by Crippen LogP contribution is 2.35. The number of aryl methyl sites for hydroxylation is 2. The van der Waals surface area contributed by atoms with Crippen LogP contribution in [0.5, 0.6) is 11.5 Å². The molecular weight excluding hydrogens is 450 g/mol. The van der Waals surface area contributed by atoms with E-state index in [0.29, 0.717) is 32.9 Å². The molecule has 1 aromatic heterocycles. The lowest BCUT2D eigenvalue weighted by molar-refractivity contribution is -0.142. The lowest BCUT2D eigenvalue weighted by Gasteiger charge is -2.12. The van der Waals surface area contributed by atoms with Gasteiger partial charge in [-0.15, -0.1) is 0 Å². The van der Waals surface area contributed by atoms with Crippen molar-refractivity contribution in [1.29, 1.82) is 5.26 Å². The number of rotatable bonds is 6. The predicted octanol–water partition coefficient (Wildman–Crippen LogP) is 4.57. The summed E-state index contributed by atoms with van der Waals surface area (Å²) in [4.78, 5) is 19.1. The minimum Gasteiger partial charge on any atom is -0.493 e. The van der Waals surface area contributed by atoms with Gasteiger partial charge in [0.25, 0.3) is 0 Å². The van der Waals surface area contributed by atoms with Crippen molar-refractivity contribution in [2.24, 2.45) is 0 Å². The minimum atomic E-state index is -0.501. The van der Waals surface area contributed by atoms with Crippen molar-refractivity contribution in [3.05, 3.63) is 51.3 Å². The molecule has 0 amide bonds. The van der Waals surface area contributed by atoms with Gasteiger partial charge < -0.3 is 19.2 Å². The van der Waals surface area contributed by atoms with Crippen molar-refractivity contribution in [3.8, 4) is 17.6 Å². The molecule has 8 heteroatoms. The molecule has 0 radical (unpaired) electrons. The molecule has 0 bridgehead atoms. The number of nitrogens with zero attached hydrogens (tertiary/aromatic N) is 2. The Bertz CT molecular complexity index is 1150. The predicted molar refractivity (Wildman–Crippen MR) is 117 cm³/mol. The summed E-state index contributed by atoms with van der Waals surface area (Å²) in [5.74, 6) is 0.773. The normalized spacial score (nSPS) is 11.3. The summed E-state index contributed by atoms with van der Waals surface area (Å²) in [5, 5.41) is 9.72. The van der Waals surface area contributed by atoms with Gasteiger partial charge in [0.2, 0.25) is 0 Å². The van der Waals surface area contributed by atoms with Gasteiger partial charge in [-0.1, -0.05) is 15.9 Å².